The molecule has 2 N–H and O–H groups in total. The molecule has 0 bridgehead atoms. The Morgan fingerprint density at radius 2 is 1.83 bits per heavy atom. The SMILES string of the molecule is Clc1cccc(CN=C2Nc3cc(Cl)c4c(c3CC23CCNCC3)OCCO4)c1. The fourth-order valence-corrected chi connectivity index (χ4v) is 4.99. The first kappa shape index (κ1) is 19.0. The Morgan fingerprint density at radius 3 is 2.62 bits per heavy atom. The van der Waals surface area contributed by atoms with E-state index >= 15 is 0 Å². The molecule has 0 unspecified atom stereocenters. The molecular formula is C22H23Cl2N3O2. The van der Waals surface area contributed by atoms with E-state index in [-0.39, 0.29) is 5.41 Å². The highest BCUT2D eigenvalue weighted by Gasteiger charge is 2.43. The lowest BCUT2D eigenvalue weighted by molar-refractivity contribution is 0.168. The van der Waals surface area contributed by atoms with E-state index in [0.717, 1.165) is 65.8 Å². The summed E-state index contributed by atoms with van der Waals surface area (Å²) in [5.41, 5.74) is 3.17. The molecule has 29 heavy (non-hydrogen) atoms. The van der Waals surface area contributed by atoms with Crippen molar-refractivity contribution in [3.63, 3.8) is 0 Å². The first-order valence-electron chi connectivity index (χ1n) is 10.0. The lowest BCUT2D eigenvalue weighted by Crippen LogP contribution is -2.49. The molecule has 0 saturated carbocycles. The van der Waals surface area contributed by atoms with Gasteiger partial charge >= 0.3 is 0 Å². The fraction of sp³-hybridized carbons (Fsp3) is 0.409. The van der Waals surface area contributed by atoms with E-state index in [2.05, 4.69) is 16.7 Å². The molecule has 0 atom stereocenters. The summed E-state index contributed by atoms with van der Waals surface area (Å²) >= 11 is 12.6. The van der Waals surface area contributed by atoms with Gasteiger partial charge in [0.2, 0.25) is 0 Å². The van der Waals surface area contributed by atoms with E-state index in [9.17, 15) is 0 Å². The van der Waals surface area contributed by atoms with Crippen molar-refractivity contribution in [2.75, 3.05) is 31.6 Å². The molecule has 152 valence electrons. The maximum Gasteiger partial charge on any atom is 0.180 e. The quantitative estimate of drug-likeness (QED) is 0.723. The molecule has 7 heteroatoms. The molecule has 3 aliphatic heterocycles. The molecular weight excluding hydrogens is 409 g/mol. The number of nitrogens with one attached hydrogen (secondary N) is 2. The first-order valence-corrected chi connectivity index (χ1v) is 10.8. The Hall–Kier alpha value is -1.95. The van der Waals surface area contributed by atoms with Crippen LogP contribution in [0.5, 0.6) is 11.5 Å². The lowest BCUT2D eigenvalue weighted by Gasteiger charge is -2.43. The van der Waals surface area contributed by atoms with Crippen molar-refractivity contribution >= 4 is 34.7 Å². The summed E-state index contributed by atoms with van der Waals surface area (Å²) in [4.78, 5) is 5.02. The third kappa shape index (κ3) is 3.56. The van der Waals surface area contributed by atoms with Crippen LogP contribution in [-0.4, -0.2) is 32.1 Å². The molecule has 0 amide bonds. The van der Waals surface area contributed by atoms with Crippen molar-refractivity contribution in [1.82, 2.24) is 5.32 Å². The van der Waals surface area contributed by atoms with Gasteiger partial charge in [0.15, 0.2) is 11.5 Å². The van der Waals surface area contributed by atoms with Crippen LogP contribution in [0, 0.1) is 5.41 Å². The zero-order chi connectivity index (χ0) is 19.8. The van der Waals surface area contributed by atoms with Crippen LogP contribution in [0.3, 0.4) is 0 Å². The van der Waals surface area contributed by atoms with Gasteiger partial charge in [0, 0.05) is 21.7 Å². The van der Waals surface area contributed by atoms with Crippen molar-refractivity contribution in [3.05, 3.63) is 51.5 Å². The summed E-state index contributed by atoms with van der Waals surface area (Å²) < 4.78 is 11.8. The average molecular weight is 432 g/mol. The Balaban J connectivity index is 1.55. The van der Waals surface area contributed by atoms with Crippen LogP contribution in [0.1, 0.15) is 24.0 Å². The molecule has 2 aromatic carbocycles. The average Bonchev–Trinajstić information content (AvgIpc) is 2.74. The minimum absolute atomic E-state index is 0.0424. The molecule has 0 aliphatic carbocycles. The number of ether oxygens (including phenoxy) is 2. The molecule has 1 saturated heterocycles. The zero-order valence-electron chi connectivity index (χ0n) is 16.1. The molecule has 3 heterocycles. The number of benzene rings is 2. The minimum atomic E-state index is -0.0424. The van der Waals surface area contributed by atoms with Gasteiger partial charge in [-0.3, -0.25) is 4.99 Å². The second kappa shape index (κ2) is 7.71. The number of halogens is 2. The second-order valence-electron chi connectivity index (χ2n) is 7.87. The maximum absolute atomic E-state index is 6.48. The van der Waals surface area contributed by atoms with Crippen LogP contribution >= 0.6 is 23.2 Å². The topological polar surface area (TPSA) is 54.9 Å². The summed E-state index contributed by atoms with van der Waals surface area (Å²) in [5.74, 6) is 2.49. The number of amidine groups is 1. The third-order valence-electron chi connectivity index (χ3n) is 6.01. The molecule has 0 radical (unpaired) electrons. The summed E-state index contributed by atoms with van der Waals surface area (Å²) in [6.45, 7) is 3.61. The molecule has 5 rings (SSSR count). The number of piperidine rings is 1. The van der Waals surface area contributed by atoms with E-state index in [0.29, 0.717) is 30.5 Å². The molecule has 5 nitrogen and oxygen atoms in total. The predicted molar refractivity (Wildman–Crippen MR) is 117 cm³/mol. The largest absolute Gasteiger partial charge is 0.486 e. The van der Waals surface area contributed by atoms with Crippen LogP contribution in [0.2, 0.25) is 10.0 Å². The van der Waals surface area contributed by atoms with E-state index in [1.807, 2.05) is 24.3 Å². The molecule has 3 aliphatic rings. The van der Waals surface area contributed by atoms with Crippen molar-refractivity contribution < 1.29 is 9.47 Å². The van der Waals surface area contributed by atoms with Crippen LogP contribution in [-0.2, 0) is 13.0 Å². The minimum Gasteiger partial charge on any atom is -0.486 e. The number of rotatable bonds is 2. The molecule has 1 spiro atoms. The van der Waals surface area contributed by atoms with Crippen molar-refractivity contribution in [2.24, 2.45) is 10.4 Å². The molecule has 2 aromatic rings. The summed E-state index contributed by atoms with van der Waals surface area (Å²) in [7, 11) is 0. The van der Waals surface area contributed by atoms with Crippen molar-refractivity contribution in [3.8, 4) is 11.5 Å². The van der Waals surface area contributed by atoms with Gasteiger partial charge in [0.05, 0.1) is 11.6 Å². The van der Waals surface area contributed by atoms with Gasteiger partial charge < -0.3 is 20.1 Å². The molecule has 0 aromatic heterocycles. The number of hydrogen-bond donors (Lipinski definition) is 2. The van der Waals surface area contributed by atoms with Gasteiger partial charge in [0.1, 0.15) is 19.0 Å². The van der Waals surface area contributed by atoms with Gasteiger partial charge in [0.25, 0.3) is 0 Å². The van der Waals surface area contributed by atoms with Gasteiger partial charge in [-0.1, -0.05) is 35.3 Å². The second-order valence-corrected chi connectivity index (χ2v) is 8.71. The molecule has 1 fully saturated rings. The maximum atomic E-state index is 6.48. The van der Waals surface area contributed by atoms with Crippen LogP contribution in [0.25, 0.3) is 0 Å². The number of anilines is 1. The van der Waals surface area contributed by atoms with E-state index in [1.165, 1.54) is 0 Å². The van der Waals surface area contributed by atoms with Crippen molar-refractivity contribution in [2.45, 2.75) is 25.8 Å². The van der Waals surface area contributed by atoms with Gasteiger partial charge in [-0.15, -0.1) is 0 Å². The first-order chi connectivity index (χ1) is 14.1. The zero-order valence-corrected chi connectivity index (χ0v) is 17.6. The standard InChI is InChI=1S/C22H23Cl2N3O2/c23-15-3-1-2-14(10-15)13-26-21-22(4-6-25-7-5-22)12-16-18(27-21)11-17(24)20-19(16)28-8-9-29-20/h1-3,10-11,25H,4-9,12-13H2,(H,26,27). The van der Waals surface area contributed by atoms with Crippen molar-refractivity contribution in [1.29, 1.82) is 0 Å². The van der Waals surface area contributed by atoms with E-state index in [4.69, 9.17) is 37.7 Å². The van der Waals surface area contributed by atoms with Gasteiger partial charge in [-0.2, -0.15) is 0 Å². The van der Waals surface area contributed by atoms with Crippen LogP contribution in [0.15, 0.2) is 35.3 Å². The van der Waals surface area contributed by atoms with E-state index in [1.54, 1.807) is 0 Å². The van der Waals surface area contributed by atoms with Crippen LogP contribution < -0.4 is 20.1 Å². The highest BCUT2D eigenvalue weighted by molar-refractivity contribution is 6.33. The highest BCUT2D eigenvalue weighted by atomic mass is 35.5. The fourth-order valence-electron chi connectivity index (χ4n) is 4.52. The van der Waals surface area contributed by atoms with Gasteiger partial charge in [-0.05, 0) is 56.1 Å². The van der Waals surface area contributed by atoms with Gasteiger partial charge in [-0.25, -0.2) is 0 Å². The van der Waals surface area contributed by atoms with Crippen LogP contribution in [0.4, 0.5) is 5.69 Å². The Bertz CT molecular complexity index is 971. The number of fused-ring (bicyclic) bond motifs is 3. The number of hydrogen-bond acceptors (Lipinski definition) is 4. The summed E-state index contributed by atoms with van der Waals surface area (Å²) in [5, 5.41) is 8.38. The Labute approximate surface area is 180 Å². The Kier molecular flexibility index (Phi) is 5.06. The summed E-state index contributed by atoms with van der Waals surface area (Å²) in [6, 6.07) is 9.81. The number of nitrogens with zero attached hydrogens (tertiary/aromatic N) is 1. The Morgan fingerprint density at radius 1 is 1.03 bits per heavy atom. The number of aliphatic imine (C=N–C) groups is 1. The highest BCUT2D eigenvalue weighted by Crippen LogP contribution is 2.50. The predicted octanol–water partition coefficient (Wildman–Crippen LogP) is 4.70. The van der Waals surface area contributed by atoms with E-state index < -0.39 is 0 Å². The summed E-state index contributed by atoms with van der Waals surface area (Å²) in [6.07, 6.45) is 2.91. The normalized spacial score (nSPS) is 21.0. The monoisotopic (exact) mass is 431 g/mol. The smallest absolute Gasteiger partial charge is 0.180 e. The third-order valence-corrected chi connectivity index (χ3v) is 6.53. The lowest BCUT2D eigenvalue weighted by atomic mass is 9.70.